The number of nitrogen functional groups attached to an aromatic ring is 2. The molecule has 8 N–H and O–H groups in total. The lowest BCUT2D eigenvalue weighted by Gasteiger charge is -2.30. The zero-order valence-corrected chi connectivity index (χ0v) is 39.5. The molecular weight excluding hydrogens is 919 g/mol. The van der Waals surface area contributed by atoms with Crippen LogP contribution in [0.4, 0.5) is 23.5 Å². The third-order valence-corrected chi connectivity index (χ3v) is 12.2. The van der Waals surface area contributed by atoms with Crippen LogP contribution in [-0.2, 0) is 38.7 Å². The molecule has 2 saturated heterocycles. The Hall–Kier alpha value is -7.67. The lowest BCUT2D eigenvalue weighted by Crippen LogP contribution is -2.38. The van der Waals surface area contributed by atoms with Gasteiger partial charge in [0, 0.05) is 50.8 Å². The van der Waals surface area contributed by atoms with E-state index >= 15 is 0 Å². The number of likely N-dealkylation sites (tertiary alicyclic amines) is 2. The summed E-state index contributed by atoms with van der Waals surface area (Å²) in [5, 5.41) is 14.0. The van der Waals surface area contributed by atoms with Crippen LogP contribution in [0.15, 0.2) is 99.3 Å². The fraction of sp³-hybridized carbons (Fsp3) is 0.348. The Morgan fingerprint density at radius 1 is 0.671 bits per heavy atom. The predicted molar refractivity (Wildman–Crippen MR) is 261 cm³/mol. The van der Waals surface area contributed by atoms with E-state index in [1.54, 1.807) is 30.5 Å². The molecule has 6 aromatic heterocycles. The van der Waals surface area contributed by atoms with Gasteiger partial charge in [0.15, 0.2) is 11.5 Å². The predicted octanol–water partition coefficient (Wildman–Crippen LogP) is 3.21. The quantitative estimate of drug-likeness (QED) is 0.0824. The fourth-order valence-electron chi connectivity index (χ4n) is 7.21. The number of carbonyl (C=O) groups is 2. The summed E-state index contributed by atoms with van der Waals surface area (Å²) in [7, 11) is -3.57. The maximum atomic E-state index is 12.2. The molecule has 2 aliphatic heterocycles. The zero-order valence-electron chi connectivity index (χ0n) is 38.6. The first-order chi connectivity index (χ1) is 33.9. The molecule has 0 atom stereocenters. The molecule has 2 fully saturated rings. The molecule has 2 aromatic carbocycles. The van der Waals surface area contributed by atoms with Crippen LogP contribution >= 0.6 is 0 Å². The van der Waals surface area contributed by atoms with Crippen LogP contribution in [0.5, 0.6) is 0 Å². The minimum Gasteiger partial charge on any atom is -0.461 e. The molecule has 0 saturated carbocycles. The molecule has 2 aliphatic rings. The lowest BCUT2D eigenvalue weighted by molar-refractivity contribution is -0.119. The highest BCUT2D eigenvalue weighted by Gasteiger charge is 2.20. The number of aromatic nitrogens is 10. The van der Waals surface area contributed by atoms with Crippen LogP contribution in [0.3, 0.4) is 0 Å². The van der Waals surface area contributed by atoms with Gasteiger partial charge in [-0.15, -0.1) is 10.2 Å². The summed E-state index contributed by atoms with van der Waals surface area (Å²) in [6.45, 7) is 7.59. The Bertz CT molecular complexity index is 3100. The number of ketones is 1. The highest BCUT2D eigenvalue weighted by Crippen LogP contribution is 2.20. The van der Waals surface area contributed by atoms with Gasteiger partial charge in [-0.05, 0) is 111 Å². The number of sulfone groups is 1. The molecule has 70 heavy (non-hydrogen) atoms. The van der Waals surface area contributed by atoms with Crippen LogP contribution < -0.4 is 27.8 Å². The fourth-order valence-corrected chi connectivity index (χ4v) is 7.72. The molecule has 8 heterocycles. The molecule has 10 rings (SSSR count). The molecule has 0 radical (unpaired) electrons. The first kappa shape index (κ1) is 48.8. The SMILES string of the molecule is CS(=O)(=O)c1nc(N)n2nc(-c3ccco3)nc2n1.NCCc1ccc(NC(=O)CCN2CCC2)cc1.Nc1nc(NCCc2ccc(CC(=O)CCN3CCC3)cc2)nc2nc(-c3ccco3)nn12. The van der Waals surface area contributed by atoms with E-state index in [4.69, 9.17) is 26.0 Å². The number of benzene rings is 2. The summed E-state index contributed by atoms with van der Waals surface area (Å²) in [5.74, 6) is 2.85. The summed E-state index contributed by atoms with van der Waals surface area (Å²) in [6, 6.07) is 23.0. The highest BCUT2D eigenvalue weighted by atomic mass is 32.2. The van der Waals surface area contributed by atoms with Crippen molar-refractivity contribution in [3.63, 3.8) is 0 Å². The van der Waals surface area contributed by atoms with E-state index in [2.05, 4.69) is 72.7 Å². The molecule has 0 spiro atoms. The Morgan fingerprint density at radius 3 is 1.76 bits per heavy atom. The van der Waals surface area contributed by atoms with E-state index in [9.17, 15) is 18.0 Å². The van der Waals surface area contributed by atoms with Crippen molar-refractivity contribution in [2.75, 3.05) is 80.7 Å². The number of nitrogens with one attached hydrogen (secondary N) is 2. The lowest BCUT2D eigenvalue weighted by atomic mass is 10.0. The van der Waals surface area contributed by atoms with E-state index in [1.165, 1.54) is 29.2 Å². The summed E-state index contributed by atoms with van der Waals surface area (Å²) in [5.41, 5.74) is 21.4. The minimum atomic E-state index is -3.57. The van der Waals surface area contributed by atoms with Crippen LogP contribution in [0.1, 0.15) is 42.4 Å². The van der Waals surface area contributed by atoms with Gasteiger partial charge in [0.2, 0.25) is 45.2 Å². The van der Waals surface area contributed by atoms with Gasteiger partial charge in [-0.25, -0.2) is 8.42 Å². The van der Waals surface area contributed by atoms with E-state index in [0.717, 1.165) is 79.7 Å². The number of nitrogens with two attached hydrogens (primary N) is 3. The van der Waals surface area contributed by atoms with Gasteiger partial charge >= 0.3 is 0 Å². The van der Waals surface area contributed by atoms with Crippen LogP contribution in [0, 0.1) is 0 Å². The van der Waals surface area contributed by atoms with E-state index < -0.39 is 15.0 Å². The van der Waals surface area contributed by atoms with Crippen molar-refractivity contribution < 1.29 is 26.8 Å². The Morgan fingerprint density at radius 2 is 1.21 bits per heavy atom. The summed E-state index contributed by atoms with van der Waals surface area (Å²) < 4.78 is 35.8. The maximum Gasteiger partial charge on any atom is 0.259 e. The van der Waals surface area contributed by atoms with E-state index in [0.29, 0.717) is 67.2 Å². The monoisotopic (exact) mass is 973 g/mol. The molecule has 8 aromatic rings. The van der Waals surface area contributed by atoms with Gasteiger partial charge in [0.25, 0.3) is 16.7 Å². The van der Waals surface area contributed by atoms with Crippen molar-refractivity contribution in [2.24, 2.45) is 5.73 Å². The van der Waals surface area contributed by atoms with Crippen LogP contribution in [0.25, 0.3) is 34.7 Å². The van der Waals surface area contributed by atoms with Crippen molar-refractivity contribution in [1.29, 1.82) is 0 Å². The number of amides is 1. The number of anilines is 4. The average molecular weight is 974 g/mol. The van der Waals surface area contributed by atoms with Crippen molar-refractivity contribution in [2.45, 2.75) is 50.1 Å². The molecule has 0 bridgehead atoms. The summed E-state index contributed by atoms with van der Waals surface area (Å²) in [4.78, 5) is 53.1. The van der Waals surface area contributed by atoms with E-state index in [-0.39, 0.29) is 29.4 Å². The summed E-state index contributed by atoms with van der Waals surface area (Å²) >= 11 is 0. The summed E-state index contributed by atoms with van der Waals surface area (Å²) in [6.07, 6.45) is 9.90. The first-order valence-electron chi connectivity index (χ1n) is 22.8. The zero-order chi connectivity index (χ0) is 49.0. The van der Waals surface area contributed by atoms with Gasteiger partial charge in [0.05, 0.1) is 12.5 Å². The van der Waals surface area contributed by atoms with E-state index in [1.807, 2.05) is 36.4 Å². The highest BCUT2D eigenvalue weighted by molar-refractivity contribution is 7.90. The third kappa shape index (κ3) is 13.1. The van der Waals surface area contributed by atoms with Crippen molar-refractivity contribution >= 4 is 56.6 Å². The molecule has 24 heteroatoms. The number of hydrogen-bond acceptors (Lipinski definition) is 20. The Kier molecular flexibility index (Phi) is 15.8. The number of Topliss-reactive ketones (excluding diaryl/α,β-unsaturated/α-hetero) is 1. The average Bonchev–Trinajstić information content (AvgIpc) is 4.15. The maximum absolute atomic E-state index is 12.2. The molecule has 1 amide bonds. The topological polar surface area (TPSA) is 315 Å². The molecule has 0 unspecified atom stereocenters. The molecule has 0 aliphatic carbocycles. The van der Waals surface area contributed by atoms with Crippen molar-refractivity contribution in [1.82, 2.24) is 58.9 Å². The first-order valence-corrected chi connectivity index (χ1v) is 24.7. The number of hydrogen-bond donors (Lipinski definition) is 5. The van der Waals surface area contributed by atoms with Gasteiger partial charge in [0.1, 0.15) is 5.78 Å². The smallest absolute Gasteiger partial charge is 0.259 e. The van der Waals surface area contributed by atoms with Gasteiger partial charge in [-0.1, -0.05) is 36.4 Å². The second-order valence-electron chi connectivity index (χ2n) is 16.7. The number of carbonyl (C=O) groups excluding carboxylic acids is 2. The Balaban J connectivity index is 0.000000152. The Labute approximate surface area is 402 Å². The number of fused-ring (bicyclic) bond motifs is 2. The van der Waals surface area contributed by atoms with Crippen LogP contribution in [0.2, 0.25) is 0 Å². The van der Waals surface area contributed by atoms with Gasteiger partial charge < -0.3 is 46.5 Å². The number of furan rings is 2. The molecule has 366 valence electrons. The van der Waals surface area contributed by atoms with Gasteiger partial charge in [-0.2, -0.15) is 38.9 Å². The third-order valence-electron chi connectivity index (χ3n) is 11.3. The normalized spacial score (nSPS) is 13.7. The molecule has 23 nitrogen and oxygen atoms in total. The van der Waals surface area contributed by atoms with Crippen molar-refractivity contribution in [3.8, 4) is 23.2 Å². The standard InChI is InChI=1S/C23H26N8O2.C14H21N3O.C9H8N6O3S/c24-21-27-22(28-23-26-20(29-31(21)23)19-3-1-14-33-19)25-10-8-16-4-6-17(7-5-16)15-18(32)9-13-30-11-2-12-30;15-8-6-12-2-4-13(5-3-12)16-14(18)7-11-17-9-1-10-17;1-19(16,17)9-12-7(10)15-8(13-9)11-6(14-15)5-3-2-4-18-5/h1,3-7,14H,2,8-13,15H2,(H3,24,25,26,27,28,29);2-5H,1,6-11,15H2,(H,16,18);2-4H,1H3,(H2,10,11,12,13,14). The second-order valence-corrected chi connectivity index (χ2v) is 18.6. The molecular formula is C46H55N17O6S. The van der Waals surface area contributed by atoms with Gasteiger partial charge in [-0.3, -0.25) is 9.59 Å². The second kappa shape index (κ2) is 22.6. The van der Waals surface area contributed by atoms with Crippen molar-refractivity contribution in [3.05, 3.63) is 102 Å². The van der Waals surface area contributed by atoms with Crippen LogP contribution in [-0.4, -0.2) is 138 Å². The minimum absolute atomic E-state index is 0.0410. The number of nitrogens with zero attached hydrogens (tertiary/aromatic N) is 12. The largest absolute Gasteiger partial charge is 0.461 e. The number of rotatable bonds is 18.